The second-order valence-corrected chi connectivity index (χ2v) is 4.55. The summed E-state index contributed by atoms with van der Waals surface area (Å²) in [6, 6.07) is 4.61. The first-order valence-corrected chi connectivity index (χ1v) is 6.10. The Morgan fingerprint density at radius 2 is 2.00 bits per heavy atom. The molecular weight excluding hydrogens is 314 g/mol. The first kappa shape index (κ1) is 15.9. The zero-order valence-corrected chi connectivity index (χ0v) is 12.0. The van der Waals surface area contributed by atoms with Crippen molar-refractivity contribution in [2.75, 3.05) is 13.7 Å². The van der Waals surface area contributed by atoms with E-state index in [1.54, 1.807) is 6.07 Å². The van der Waals surface area contributed by atoms with Crippen LogP contribution in [0.15, 0.2) is 12.1 Å². The molecule has 8 heteroatoms. The quantitative estimate of drug-likeness (QED) is 0.846. The third kappa shape index (κ3) is 4.77. The molecule has 0 saturated carbocycles. The van der Waals surface area contributed by atoms with Crippen molar-refractivity contribution in [2.24, 2.45) is 0 Å². The topological polar surface area (TPSA) is 71.3 Å². The number of carbonyl (C=O) groups excluding carboxylic acids is 1. The Labute approximate surface area is 124 Å². The second-order valence-electron chi connectivity index (χ2n) is 3.30. The lowest BCUT2D eigenvalue weighted by Crippen LogP contribution is -2.38. The lowest BCUT2D eigenvalue weighted by molar-refractivity contribution is -0.125. The molecule has 1 rings (SSSR count). The van der Waals surface area contributed by atoms with Crippen LogP contribution in [0.1, 0.15) is 0 Å². The molecule has 0 aliphatic rings. The van der Waals surface area contributed by atoms with Gasteiger partial charge in [0, 0.05) is 12.1 Å². The third-order valence-electron chi connectivity index (χ3n) is 1.96. The largest absolute Gasteiger partial charge is 0.481 e. The minimum Gasteiger partial charge on any atom is -0.481 e. The van der Waals surface area contributed by atoms with Gasteiger partial charge in [0.05, 0.1) is 10.0 Å². The van der Waals surface area contributed by atoms with Crippen LogP contribution in [-0.2, 0) is 9.53 Å². The van der Waals surface area contributed by atoms with Crippen LogP contribution in [0, 0.1) is 11.3 Å². The number of halogens is 3. The summed E-state index contributed by atoms with van der Waals surface area (Å²) in [5, 5.41) is 11.6. The van der Waals surface area contributed by atoms with E-state index in [1.807, 2.05) is 0 Å². The zero-order valence-electron chi connectivity index (χ0n) is 9.75. The molecule has 0 radical (unpaired) electrons. The SMILES string of the molecule is COC(C#N)NC(=O)COc1c(Cl)cc(Cl)cc1Cl. The summed E-state index contributed by atoms with van der Waals surface area (Å²) >= 11 is 17.5. The summed E-state index contributed by atoms with van der Waals surface area (Å²) in [6.07, 6.45) is -1.03. The number of rotatable bonds is 5. The standard InChI is InChI=1S/C11H9Cl3N2O3/c1-18-10(4-15)16-9(17)5-19-11-7(13)2-6(12)3-8(11)14/h2-3,10H,5H2,1H3,(H,16,17). The number of hydrogen-bond donors (Lipinski definition) is 1. The number of nitriles is 1. The van der Waals surface area contributed by atoms with Crippen molar-refractivity contribution >= 4 is 40.7 Å². The Morgan fingerprint density at radius 3 is 2.47 bits per heavy atom. The second kappa shape index (κ2) is 7.41. The zero-order chi connectivity index (χ0) is 14.4. The Bertz CT molecular complexity index is 493. The van der Waals surface area contributed by atoms with Crippen molar-refractivity contribution in [3.05, 3.63) is 27.2 Å². The Balaban J connectivity index is 2.63. The Morgan fingerprint density at radius 1 is 1.42 bits per heavy atom. The molecule has 1 N–H and O–H groups in total. The van der Waals surface area contributed by atoms with Crippen molar-refractivity contribution in [3.63, 3.8) is 0 Å². The van der Waals surface area contributed by atoms with E-state index in [9.17, 15) is 4.79 Å². The van der Waals surface area contributed by atoms with E-state index in [2.05, 4.69) is 10.1 Å². The van der Waals surface area contributed by atoms with E-state index in [1.165, 1.54) is 19.2 Å². The van der Waals surface area contributed by atoms with Crippen molar-refractivity contribution in [2.45, 2.75) is 6.23 Å². The molecule has 1 unspecified atom stereocenters. The summed E-state index contributed by atoms with van der Waals surface area (Å²) in [5.74, 6) is -0.399. The fourth-order valence-electron chi connectivity index (χ4n) is 1.14. The maximum Gasteiger partial charge on any atom is 0.260 e. The lowest BCUT2D eigenvalue weighted by atomic mass is 10.3. The van der Waals surface area contributed by atoms with Crippen LogP contribution in [0.5, 0.6) is 5.75 Å². The molecule has 1 atom stereocenters. The van der Waals surface area contributed by atoms with Gasteiger partial charge in [0.25, 0.3) is 5.91 Å². The predicted molar refractivity (Wildman–Crippen MR) is 71.5 cm³/mol. The molecule has 0 fully saturated rings. The maximum atomic E-state index is 11.5. The van der Waals surface area contributed by atoms with Gasteiger partial charge in [-0.2, -0.15) is 5.26 Å². The molecule has 0 heterocycles. The number of methoxy groups -OCH3 is 1. The van der Waals surface area contributed by atoms with Crippen molar-refractivity contribution in [3.8, 4) is 11.8 Å². The fraction of sp³-hybridized carbons (Fsp3) is 0.273. The third-order valence-corrected chi connectivity index (χ3v) is 2.74. The highest BCUT2D eigenvalue weighted by atomic mass is 35.5. The number of carbonyl (C=O) groups is 1. The van der Waals surface area contributed by atoms with Gasteiger partial charge in [0.15, 0.2) is 12.4 Å². The number of nitrogens with zero attached hydrogens (tertiary/aromatic N) is 1. The van der Waals surface area contributed by atoms with E-state index >= 15 is 0 Å². The highest BCUT2D eigenvalue weighted by Crippen LogP contribution is 2.35. The van der Waals surface area contributed by atoms with Gasteiger partial charge in [-0.15, -0.1) is 0 Å². The van der Waals surface area contributed by atoms with Gasteiger partial charge in [-0.25, -0.2) is 0 Å². The van der Waals surface area contributed by atoms with E-state index in [0.29, 0.717) is 5.02 Å². The van der Waals surface area contributed by atoms with Crippen LogP contribution in [0.2, 0.25) is 15.1 Å². The molecule has 19 heavy (non-hydrogen) atoms. The molecule has 0 aliphatic carbocycles. The van der Waals surface area contributed by atoms with Crippen LogP contribution >= 0.6 is 34.8 Å². The first-order valence-electron chi connectivity index (χ1n) is 4.97. The van der Waals surface area contributed by atoms with Crippen LogP contribution in [0.25, 0.3) is 0 Å². The normalized spacial score (nSPS) is 11.5. The lowest BCUT2D eigenvalue weighted by Gasteiger charge is -2.12. The van der Waals surface area contributed by atoms with Crippen LogP contribution < -0.4 is 10.1 Å². The number of amides is 1. The predicted octanol–water partition coefficient (Wildman–Crippen LogP) is 2.64. The van der Waals surface area contributed by atoms with E-state index in [-0.39, 0.29) is 22.4 Å². The summed E-state index contributed by atoms with van der Waals surface area (Å²) in [6.45, 7) is -0.359. The number of benzene rings is 1. The average Bonchev–Trinajstić information content (AvgIpc) is 2.34. The number of nitrogens with one attached hydrogen (secondary N) is 1. The fourth-order valence-corrected chi connectivity index (χ4v) is 2.06. The molecule has 0 aliphatic heterocycles. The van der Waals surface area contributed by atoms with Crippen LogP contribution in [-0.4, -0.2) is 25.9 Å². The summed E-state index contributed by atoms with van der Waals surface area (Å²) in [7, 11) is 1.29. The van der Waals surface area contributed by atoms with Gasteiger partial charge in [-0.3, -0.25) is 4.79 Å². The number of hydrogen-bond acceptors (Lipinski definition) is 4. The van der Waals surface area contributed by atoms with Gasteiger partial charge in [-0.1, -0.05) is 34.8 Å². The van der Waals surface area contributed by atoms with Gasteiger partial charge >= 0.3 is 0 Å². The molecular formula is C11H9Cl3N2O3. The van der Waals surface area contributed by atoms with E-state index < -0.39 is 12.1 Å². The molecule has 1 aromatic rings. The maximum absolute atomic E-state index is 11.5. The molecule has 102 valence electrons. The monoisotopic (exact) mass is 322 g/mol. The summed E-state index contributed by atoms with van der Waals surface area (Å²) < 4.78 is 9.84. The summed E-state index contributed by atoms with van der Waals surface area (Å²) in [5.41, 5.74) is 0. The molecule has 5 nitrogen and oxygen atoms in total. The molecule has 0 bridgehead atoms. The minimum atomic E-state index is -1.03. The van der Waals surface area contributed by atoms with Gasteiger partial charge in [0.1, 0.15) is 6.07 Å². The average molecular weight is 324 g/mol. The van der Waals surface area contributed by atoms with E-state index in [4.69, 9.17) is 44.8 Å². The molecule has 0 spiro atoms. The minimum absolute atomic E-state index is 0.147. The van der Waals surface area contributed by atoms with Crippen molar-refractivity contribution in [1.29, 1.82) is 5.26 Å². The Hall–Kier alpha value is -1.19. The van der Waals surface area contributed by atoms with Gasteiger partial charge in [0.2, 0.25) is 6.23 Å². The molecule has 0 aromatic heterocycles. The van der Waals surface area contributed by atoms with Crippen molar-refractivity contribution in [1.82, 2.24) is 5.32 Å². The molecule has 0 saturated heterocycles. The van der Waals surface area contributed by atoms with Gasteiger partial charge in [-0.05, 0) is 12.1 Å². The highest BCUT2D eigenvalue weighted by Gasteiger charge is 2.13. The van der Waals surface area contributed by atoms with Crippen LogP contribution in [0.4, 0.5) is 0 Å². The molecule has 1 amide bonds. The van der Waals surface area contributed by atoms with Gasteiger partial charge < -0.3 is 14.8 Å². The smallest absolute Gasteiger partial charge is 0.260 e. The first-order chi connectivity index (χ1) is 8.97. The van der Waals surface area contributed by atoms with Crippen LogP contribution in [0.3, 0.4) is 0 Å². The number of ether oxygens (including phenoxy) is 2. The highest BCUT2D eigenvalue weighted by molar-refractivity contribution is 6.40. The Kier molecular flexibility index (Phi) is 6.19. The summed E-state index contributed by atoms with van der Waals surface area (Å²) in [4.78, 5) is 11.5. The molecule has 1 aromatic carbocycles. The van der Waals surface area contributed by atoms with Crippen molar-refractivity contribution < 1.29 is 14.3 Å². The van der Waals surface area contributed by atoms with E-state index in [0.717, 1.165) is 0 Å².